The zero-order chi connectivity index (χ0) is 12.4. The number of rotatable bonds is 2. The van der Waals surface area contributed by atoms with Gasteiger partial charge in [-0.15, -0.1) is 11.3 Å². The molecule has 1 saturated carbocycles. The van der Waals surface area contributed by atoms with Gasteiger partial charge in [-0.1, -0.05) is 19.3 Å². The number of nitrogens with one attached hydrogen (secondary N) is 1. The zero-order valence-electron chi connectivity index (χ0n) is 10.8. The zero-order valence-corrected chi connectivity index (χ0v) is 11.6. The maximum Gasteiger partial charge on any atom is 0.180 e. The molecule has 0 unspecified atom stereocenters. The van der Waals surface area contributed by atoms with E-state index >= 15 is 0 Å². The van der Waals surface area contributed by atoms with Crippen LogP contribution in [-0.2, 0) is 6.54 Å². The highest BCUT2D eigenvalue weighted by molar-refractivity contribution is 7.15. The van der Waals surface area contributed by atoms with E-state index in [1.54, 1.807) is 11.3 Å². The molecule has 0 amide bonds. The van der Waals surface area contributed by atoms with E-state index < -0.39 is 0 Å². The van der Waals surface area contributed by atoms with Gasteiger partial charge in [-0.3, -0.25) is 4.90 Å². The quantitative estimate of drug-likeness (QED) is 0.857. The second-order valence-corrected chi connectivity index (χ2v) is 6.69. The van der Waals surface area contributed by atoms with Crippen LogP contribution in [0.4, 0.5) is 5.13 Å². The Bertz CT molecular complexity index is 389. The van der Waals surface area contributed by atoms with Crippen LogP contribution in [0.25, 0.3) is 0 Å². The van der Waals surface area contributed by atoms with Gasteiger partial charge in [0.1, 0.15) is 0 Å². The van der Waals surface area contributed by atoms with Crippen molar-refractivity contribution in [2.24, 2.45) is 0 Å². The molecule has 1 aliphatic carbocycles. The molecule has 18 heavy (non-hydrogen) atoms. The van der Waals surface area contributed by atoms with Gasteiger partial charge in [0, 0.05) is 42.8 Å². The summed E-state index contributed by atoms with van der Waals surface area (Å²) in [6.07, 6.45) is 8.79. The second-order valence-electron chi connectivity index (χ2n) is 5.55. The lowest BCUT2D eigenvalue weighted by Gasteiger charge is -2.49. The topological polar surface area (TPSA) is 54.2 Å². The second kappa shape index (κ2) is 5.15. The number of nitrogens with zero attached hydrogens (tertiary/aromatic N) is 2. The molecule has 2 heterocycles. The third-order valence-electron chi connectivity index (χ3n) is 4.39. The lowest BCUT2D eigenvalue weighted by molar-refractivity contribution is 0.0216. The Kier molecular flexibility index (Phi) is 3.54. The summed E-state index contributed by atoms with van der Waals surface area (Å²) in [6, 6.07) is 0. The van der Waals surface area contributed by atoms with Crippen molar-refractivity contribution in [3.05, 3.63) is 11.1 Å². The minimum atomic E-state index is 0.398. The summed E-state index contributed by atoms with van der Waals surface area (Å²) < 4.78 is 0. The number of thiazole rings is 1. The summed E-state index contributed by atoms with van der Waals surface area (Å²) >= 11 is 1.63. The molecule has 0 radical (unpaired) electrons. The number of hydrogen-bond donors (Lipinski definition) is 2. The molecular weight excluding hydrogens is 244 g/mol. The van der Waals surface area contributed by atoms with Gasteiger partial charge in [0.05, 0.1) is 0 Å². The van der Waals surface area contributed by atoms with Gasteiger partial charge in [0.15, 0.2) is 5.13 Å². The fourth-order valence-electron chi connectivity index (χ4n) is 3.42. The number of anilines is 1. The number of nitrogen functional groups attached to an aromatic ring is 1. The molecule has 1 aliphatic heterocycles. The van der Waals surface area contributed by atoms with E-state index in [9.17, 15) is 0 Å². The van der Waals surface area contributed by atoms with Gasteiger partial charge >= 0.3 is 0 Å². The SMILES string of the molecule is Nc1ncc(CN2CCNCC23CCCCC3)s1. The van der Waals surface area contributed by atoms with Crippen LogP contribution in [0.1, 0.15) is 37.0 Å². The van der Waals surface area contributed by atoms with Crippen LogP contribution in [0.2, 0.25) is 0 Å². The summed E-state index contributed by atoms with van der Waals surface area (Å²) in [5.74, 6) is 0. The van der Waals surface area contributed by atoms with Crippen molar-refractivity contribution in [1.82, 2.24) is 15.2 Å². The highest BCUT2D eigenvalue weighted by atomic mass is 32.1. The van der Waals surface area contributed by atoms with Crippen LogP contribution in [0.15, 0.2) is 6.20 Å². The van der Waals surface area contributed by atoms with Crippen LogP contribution in [-0.4, -0.2) is 35.1 Å². The van der Waals surface area contributed by atoms with Gasteiger partial charge in [-0.05, 0) is 12.8 Å². The molecule has 2 fully saturated rings. The van der Waals surface area contributed by atoms with Gasteiger partial charge < -0.3 is 11.1 Å². The molecule has 0 bridgehead atoms. The summed E-state index contributed by atoms with van der Waals surface area (Å²) in [4.78, 5) is 8.15. The highest BCUT2D eigenvalue weighted by Gasteiger charge is 2.39. The van der Waals surface area contributed by atoms with Crippen molar-refractivity contribution in [1.29, 1.82) is 0 Å². The van der Waals surface area contributed by atoms with E-state index in [2.05, 4.69) is 15.2 Å². The normalized spacial score (nSPS) is 24.4. The standard InChI is InChI=1S/C13H22N4S/c14-12-16-8-11(18-12)9-17-7-6-15-10-13(17)4-2-1-3-5-13/h8,15H,1-7,9-10H2,(H2,14,16). The molecule has 100 valence electrons. The molecule has 5 heteroatoms. The molecule has 3 N–H and O–H groups in total. The Labute approximate surface area is 113 Å². The first-order chi connectivity index (χ1) is 8.78. The predicted molar refractivity (Wildman–Crippen MR) is 75.6 cm³/mol. The first-order valence-electron chi connectivity index (χ1n) is 6.94. The van der Waals surface area contributed by atoms with Gasteiger partial charge in [-0.2, -0.15) is 0 Å². The highest BCUT2D eigenvalue weighted by Crippen LogP contribution is 2.36. The van der Waals surface area contributed by atoms with Crippen molar-refractivity contribution in [2.75, 3.05) is 25.4 Å². The van der Waals surface area contributed by atoms with Crippen molar-refractivity contribution in [3.8, 4) is 0 Å². The smallest absolute Gasteiger partial charge is 0.180 e. The molecule has 0 aromatic carbocycles. The first kappa shape index (κ1) is 12.4. The Morgan fingerprint density at radius 1 is 1.39 bits per heavy atom. The first-order valence-corrected chi connectivity index (χ1v) is 7.76. The molecule has 1 saturated heterocycles. The Balaban J connectivity index is 1.75. The van der Waals surface area contributed by atoms with E-state index in [0.717, 1.165) is 26.2 Å². The molecule has 1 aromatic heterocycles. The number of aromatic nitrogens is 1. The fourth-order valence-corrected chi connectivity index (χ4v) is 4.12. The largest absolute Gasteiger partial charge is 0.375 e. The Morgan fingerprint density at radius 2 is 2.22 bits per heavy atom. The summed E-state index contributed by atoms with van der Waals surface area (Å²) in [7, 11) is 0. The lowest BCUT2D eigenvalue weighted by atomic mass is 9.79. The maximum atomic E-state index is 5.73. The third-order valence-corrected chi connectivity index (χ3v) is 5.20. The van der Waals surface area contributed by atoms with Crippen molar-refractivity contribution in [2.45, 2.75) is 44.2 Å². The van der Waals surface area contributed by atoms with Crippen molar-refractivity contribution >= 4 is 16.5 Å². The monoisotopic (exact) mass is 266 g/mol. The molecule has 4 nitrogen and oxygen atoms in total. The van der Waals surface area contributed by atoms with Crippen LogP contribution in [0, 0.1) is 0 Å². The average Bonchev–Trinajstić information content (AvgIpc) is 2.79. The maximum absolute atomic E-state index is 5.73. The third kappa shape index (κ3) is 2.39. The predicted octanol–water partition coefficient (Wildman–Crippen LogP) is 1.83. The average molecular weight is 266 g/mol. The minimum absolute atomic E-state index is 0.398. The van der Waals surface area contributed by atoms with Gasteiger partial charge in [-0.25, -0.2) is 4.98 Å². The van der Waals surface area contributed by atoms with E-state index in [1.165, 1.54) is 37.0 Å². The van der Waals surface area contributed by atoms with Gasteiger partial charge in [0.2, 0.25) is 0 Å². The summed E-state index contributed by atoms with van der Waals surface area (Å²) in [5, 5.41) is 4.28. The van der Waals surface area contributed by atoms with Crippen LogP contribution in [0.3, 0.4) is 0 Å². The lowest BCUT2D eigenvalue weighted by Crippen LogP contribution is -2.61. The fraction of sp³-hybridized carbons (Fsp3) is 0.769. The molecule has 2 aliphatic rings. The number of hydrogen-bond acceptors (Lipinski definition) is 5. The molecule has 1 spiro atoms. The summed E-state index contributed by atoms with van der Waals surface area (Å²) in [6.45, 7) is 4.44. The number of nitrogens with two attached hydrogens (primary N) is 1. The molecular formula is C13H22N4S. The van der Waals surface area contributed by atoms with Gasteiger partial charge in [0.25, 0.3) is 0 Å². The number of piperazine rings is 1. The molecule has 1 aromatic rings. The van der Waals surface area contributed by atoms with Crippen molar-refractivity contribution < 1.29 is 0 Å². The summed E-state index contributed by atoms with van der Waals surface area (Å²) in [5.41, 5.74) is 6.13. The van der Waals surface area contributed by atoms with Crippen molar-refractivity contribution in [3.63, 3.8) is 0 Å². The van der Waals surface area contributed by atoms with E-state index in [-0.39, 0.29) is 0 Å². The van der Waals surface area contributed by atoms with Crippen LogP contribution >= 0.6 is 11.3 Å². The molecule has 0 atom stereocenters. The van der Waals surface area contributed by atoms with E-state index in [0.29, 0.717) is 10.7 Å². The van der Waals surface area contributed by atoms with Crippen LogP contribution < -0.4 is 11.1 Å². The molecule has 3 rings (SSSR count). The Morgan fingerprint density at radius 3 is 2.94 bits per heavy atom. The Hall–Kier alpha value is -0.650. The van der Waals surface area contributed by atoms with E-state index in [4.69, 9.17) is 5.73 Å². The van der Waals surface area contributed by atoms with Crippen LogP contribution in [0.5, 0.6) is 0 Å². The van der Waals surface area contributed by atoms with E-state index in [1.807, 2.05) is 6.20 Å². The minimum Gasteiger partial charge on any atom is -0.375 e.